The Kier molecular flexibility index (Phi) is 12.6. The van der Waals surface area contributed by atoms with Gasteiger partial charge in [-0.15, -0.1) is 0 Å². The molecule has 0 saturated carbocycles. The van der Waals surface area contributed by atoms with Crippen LogP contribution in [-0.2, 0) is 9.47 Å². The molecule has 0 amide bonds. The fourth-order valence-electron chi connectivity index (χ4n) is 4.49. The summed E-state index contributed by atoms with van der Waals surface area (Å²) in [7, 11) is 0. The molecule has 29 heavy (non-hydrogen) atoms. The molecule has 1 aromatic rings. The van der Waals surface area contributed by atoms with E-state index in [1.807, 2.05) is 0 Å². The largest absolute Gasteiger partial charge is 0.348 e. The summed E-state index contributed by atoms with van der Waals surface area (Å²) >= 11 is 0. The van der Waals surface area contributed by atoms with Gasteiger partial charge < -0.3 is 9.47 Å². The average molecular weight is 403 g/mol. The normalized spacial score (nSPS) is 20.7. The van der Waals surface area contributed by atoms with E-state index in [4.69, 9.17) is 9.47 Å². The summed E-state index contributed by atoms with van der Waals surface area (Å²) in [5.74, 6) is 1.28. The topological polar surface area (TPSA) is 18.5 Å². The van der Waals surface area contributed by atoms with Gasteiger partial charge in [-0.25, -0.2) is 0 Å². The van der Waals surface area contributed by atoms with E-state index in [1.54, 1.807) is 0 Å². The molecule has 166 valence electrons. The molecule has 1 atom stereocenters. The summed E-state index contributed by atoms with van der Waals surface area (Å²) in [5.41, 5.74) is 2.66. The minimum absolute atomic E-state index is 0.172. The Hall–Kier alpha value is -0.860. The van der Waals surface area contributed by atoms with Gasteiger partial charge in [0.2, 0.25) is 0 Å². The standard InChI is InChI=1S/C27H46O2/c1-4-7-9-10-11-12-13-15-23-21-28-27(29-22-23)26-19-17-25(18-20-26)24(14-6-3)16-8-5-2/h17-20,23-24,27H,4-16,21-22H2,1-3H3. The summed E-state index contributed by atoms with van der Waals surface area (Å²) in [6.07, 6.45) is 17.1. The van der Waals surface area contributed by atoms with Crippen LogP contribution < -0.4 is 0 Å². The highest BCUT2D eigenvalue weighted by molar-refractivity contribution is 5.26. The number of unbranched alkanes of at least 4 members (excludes halogenated alkanes) is 7. The lowest BCUT2D eigenvalue weighted by atomic mass is 9.89. The highest BCUT2D eigenvalue weighted by Crippen LogP contribution is 2.31. The molecular weight excluding hydrogens is 356 g/mol. The Labute approximate surface area is 180 Å². The zero-order chi connectivity index (χ0) is 20.7. The molecule has 0 aromatic heterocycles. The van der Waals surface area contributed by atoms with Crippen LogP contribution in [0, 0.1) is 5.92 Å². The number of rotatable bonds is 15. The maximum absolute atomic E-state index is 6.08. The van der Waals surface area contributed by atoms with Crippen molar-refractivity contribution in [1.29, 1.82) is 0 Å². The van der Waals surface area contributed by atoms with Crippen molar-refractivity contribution in [2.75, 3.05) is 13.2 Å². The first kappa shape index (κ1) is 24.4. The maximum atomic E-state index is 6.08. The van der Waals surface area contributed by atoms with Crippen LogP contribution in [0.15, 0.2) is 24.3 Å². The lowest BCUT2D eigenvalue weighted by Crippen LogP contribution is -2.27. The molecular formula is C27H46O2. The van der Waals surface area contributed by atoms with Crippen molar-refractivity contribution in [2.45, 2.75) is 116 Å². The predicted octanol–water partition coefficient (Wildman–Crippen LogP) is 8.56. The first-order valence-electron chi connectivity index (χ1n) is 12.6. The van der Waals surface area contributed by atoms with Gasteiger partial charge in [-0.3, -0.25) is 0 Å². The number of hydrogen-bond donors (Lipinski definition) is 0. The minimum atomic E-state index is -0.172. The third kappa shape index (κ3) is 9.22. The van der Waals surface area contributed by atoms with Gasteiger partial charge in [0.1, 0.15) is 0 Å². The van der Waals surface area contributed by atoms with Gasteiger partial charge in [-0.1, -0.05) is 109 Å². The molecule has 0 bridgehead atoms. The van der Waals surface area contributed by atoms with E-state index in [0.717, 1.165) is 13.2 Å². The van der Waals surface area contributed by atoms with Crippen LogP contribution in [0.5, 0.6) is 0 Å². The molecule has 2 heteroatoms. The zero-order valence-electron chi connectivity index (χ0n) is 19.5. The lowest BCUT2D eigenvalue weighted by molar-refractivity contribution is -0.206. The SMILES string of the molecule is CCCCCCCCCC1COC(c2ccc(C(CCC)CCCC)cc2)OC1. The fourth-order valence-corrected chi connectivity index (χ4v) is 4.49. The van der Waals surface area contributed by atoms with Gasteiger partial charge in [0.05, 0.1) is 13.2 Å². The second kappa shape index (κ2) is 15.0. The van der Waals surface area contributed by atoms with E-state index in [0.29, 0.717) is 11.8 Å². The quantitative estimate of drug-likeness (QED) is 0.273. The molecule has 1 aromatic carbocycles. The molecule has 1 unspecified atom stereocenters. The summed E-state index contributed by atoms with van der Waals surface area (Å²) < 4.78 is 12.2. The Morgan fingerprint density at radius 3 is 1.97 bits per heavy atom. The molecule has 1 saturated heterocycles. The Morgan fingerprint density at radius 2 is 1.34 bits per heavy atom. The smallest absolute Gasteiger partial charge is 0.183 e. The summed E-state index contributed by atoms with van der Waals surface area (Å²) in [6.45, 7) is 8.54. The third-order valence-electron chi connectivity index (χ3n) is 6.41. The van der Waals surface area contributed by atoms with Crippen LogP contribution in [0.25, 0.3) is 0 Å². The summed E-state index contributed by atoms with van der Waals surface area (Å²) in [5, 5.41) is 0. The van der Waals surface area contributed by atoms with E-state index in [-0.39, 0.29) is 6.29 Å². The van der Waals surface area contributed by atoms with Crippen LogP contribution >= 0.6 is 0 Å². The molecule has 1 heterocycles. The number of hydrogen-bond acceptors (Lipinski definition) is 2. The Morgan fingerprint density at radius 1 is 0.724 bits per heavy atom. The van der Waals surface area contributed by atoms with E-state index in [9.17, 15) is 0 Å². The maximum Gasteiger partial charge on any atom is 0.183 e. The summed E-state index contributed by atoms with van der Waals surface area (Å²) in [4.78, 5) is 0. The first-order valence-corrected chi connectivity index (χ1v) is 12.6. The van der Waals surface area contributed by atoms with Crippen molar-refractivity contribution in [2.24, 2.45) is 5.92 Å². The highest BCUT2D eigenvalue weighted by atomic mass is 16.7. The van der Waals surface area contributed by atoms with Crippen LogP contribution in [-0.4, -0.2) is 13.2 Å². The Balaban J connectivity index is 1.69. The van der Waals surface area contributed by atoms with E-state index < -0.39 is 0 Å². The van der Waals surface area contributed by atoms with Crippen LogP contribution in [0.1, 0.15) is 128 Å². The van der Waals surface area contributed by atoms with Gasteiger partial charge in [-0.2, -0.15) is 0 Å². The predicted molar refractivity (Wildman–Crippen MR) is 124 cm³/mol. The molecule has 2 rings (SSSR count). The molecule has 1 aliphatic heterocycles. The van der Waals surface area contributed by atoms with Gasteiger partial charge >= 0.3 is 0 Å². The molecule has 1 fully saturated rings. The van der Waals surface area contributed by atoms with Crippen molar-refractivity contribution in [1.82, 2.24) is 0 Å². The number of ether oxygens (including phenoxy) is 2. The monoisotopic (exact) mass is 402 g/mol. The zero-order valence-corrected chi connectivity index (χ0v) is 19.5. The molecule has 1 aliphatic rings. The number of benzene rings is 1. The summed E-state index contributed by atoms with van der Waals surface area (Å²) in [6, 6.07) is 9.07. The molecule has 0 aliphatic carbocycles. The van der Waals surface area contributed by atoms with Gasteiger partial charge in [0.15, 0.2) is 6.29 Å². The molecule has 0 N–H and O–H groups in total. The minimum Gasteiger partial charge on any atom is -0.348 e. The van der Waals surface area contributed by atoms with Crippen LogP contribution in [0.2, 0.25) is 0 Å². The molecule has 0 spiro atoms. The lowest BCUT2D eigenvalue weighted by Gasteiger charge is -2.30. The average Bonchev–Trinajstić information content (AvgIpc) is 2.77. The fraction of sp³-hybridized carbons (Fsp3) is 0.778. The second-order valence-corrected chi connectivity index (χ2v) is 9.07. The van der Waals surface area contributed by atoms with Crippen molar-refractivity contribution in [3.8, 4) is 0 Å². The van der Waals surface area contributed by atoms with E-state index in [1.165, 1.54) is 94.6 Å². The van der Waals surface area contributed by atoms with E-state index in [2.05, 4.69) is 45.0 Å². The third-order valence-corrected chi connectivity index (χ3v) is 6.41. The van der Waals surface area contributed by atoms with Gasteiger partial charge in [-0.05, 0) is 30.7 Å². The Bertz CT molecular complexity index is 502. The van der Waals surface area contributed by atoms with Crippen molar-refractivity contribution in [3.05, 3.63) is 35.4 Å². The molecule has 2 nitrogen and oxygen atoms in total. The van der Waals surface area contributed by atoms with Crippen molar-refractivity contribution in [3.63, 3.8) is 0 Å². The second-order valence-electron chi connectivity index (χ2n) is 9.07. The van der Waals surface area contributed by atoms with Crippen molar-refractivity contribution >= 4 is 0 Å². The van der Waals surface area contributed by atoms with E-state index >= 15 is 0 Å². The van der Waals surface area contributed by atoms with Crippen LogP contribution in [0.4, 0.5) is 0 Å². The first-order chi connectivity index (χ1) is 14.3. The van der Waals surface area contributed by atoms with Crippen LogP contribution in [0.3, 0.4) is 0 Å². The van der Waals surface area contributed by atoms with Crippen molar-refractivity contribution < 1.29 is 9.47 Å². The van der Waals surface area contributed by atoms with Gasteiger partial charge in [0, 0.05) is 11.5 Å². The molecule has 0 radical (unpaired) electrons. The highest BCUT2D eigenvalue weighted by Gasteiger charge is 2.23. The van der Waals surface area contributed by atoms with Gasteiger partial charge in [0.25, 0.3) is 0 Å².